The summed E-state index contributed by atoms with van der Waals surface area (Å²) in [5, 5.41) is 16.6. The maximum atomic E-state index is 14.7. The van der Waals surface area contributed by atoms with E-state index >= 15 is 0 Å². The molecule has 3 aliphatic heterocycles. The summed E-state index contributed by atoms with van der Waals surface area (Å²) in [5.41, 5.74) is 9.51. The van der Waals surface area contributed by atoms with Gasteiger partial charge in [-0.3, -0.25) is 38.9 Å². The number of phenols is 1. The maximum Gasteiger partial charge on any atom is 0.410 e. The van der Waals surface area contributed by atoms with Crippen LogP contribution in [0.2, 0.25) is 0 Å². The van der Waals surface area contributed by atoms with Crippen molar-refractivity contribution in [3.05, 3.63) is 71.5 Å². The van der Waals surface area contributed by atoms with Crippen molar-refractivity contribution >= 4 is 46.6 Å². The van der Waals surface area contributed by atoms with E-state index in [4.69, 9.17) is 14.2 Å². The Balaban J connectivity index is 1.26. The summed E-state index contributed by atoms with van der Waals surface area (Å²) in [6.07, 6.45) is 4.34. The van der Waals surface area contributed by atoms with Gasteiger partial charge < -0.3 is 39.0 Å². The Kier molecular flexibility index (Phi) is 14.8. The monoisotopic (exact) mass is 936 g/mol. The van der Waals surface area contributed by atoms with Crippen molar-refractivity contribution in [3.8, 4) is 28.1 Å². The van der Waals surface area contributed by atoms with Crippen molar-refractivity contribution in [2.45, 2.75) is 97.6 Å². The number of cyclic esters (lactones) is 1. The van der Waals surface area contributed by atoms with E-state index in [1.54, 1.807) is 39.3 Å². The first-order valence-corrected chi connectivity index (χ1v) is 23.2. The van der Waals surface area contributed by atoms with Crippen LogP contribution in [0.15, 0.2) is 54.9 Å². The van der Waals surface area contributed by atoms with E-state index in [9.17, 15) is 33.9 Å². The molecule has 18 heteroatoms. The summed E-state index contributed by atoms with van der Waals surface area (Å²) < 4.78 is 18.7. The van der Waals surface area contributed by atoms with Crippen LogP contribution in [-0.4, -0.2) is 149 Å². The predicted molar refractivity (Wildman–Crippen MR) is 253 cm³/mol. The predicted octanol–water partition coefficient (Wildman–Crippen LogP) is 4.28. The molecule has 0 aliphatic carbocycles. The van der Waals surface area contributed by atoms with Crippen LogP contribution in [0.1, 0.15) is 64.2 Å². The molecule has 4 atom stereocenters. The van der Waals surface area contributed by atoms with Crippen LogP contribution in [0.3, 0.4) is 0 Å². The van der Waals surface area contributed by atoms with E-state index in [0.717, 1.165) is 38.9 Å². The Labute approximate surface area is 396 Å². The molecule has 5 amide bonds. The third kappa shape index (κ3) is 10.5. The molecule has 2 saturated heterocycles. The SMILES string of the molecule is CCn1c(-c2cnccc2COC)c2c3cc(ccc31)-c1cc(O)cc(c1)C[C@H](NC(=O)C(C(C)C)N(C)C(=O)CN(C)C(=O)[C@H]1CN1C(=O)OC)C(=O)N1CCC[C@H](N1)C(=O)OCC(C)(C)C2. The fourth-order valence-corrected chi connectivity index (χ4v) is 9.59. The van der Waals surface area contributed by atoms with Crippen LogP contribution >= 0.6 is 0 Å². The summed E-state index contributed by atoms with van der Waals surface area (Å²) in [4.78, 5) is 90.0. The number of aromatic hydroxyl groups is 1. The number of rotatable bonds is 11. The van der Waals surface area contributed by atoms with Gasteiger partial charge in [0.05, 0.1) is 39.1 Å². The molecule has 5 heterocycles. The molecule has 3 aliphatic rings. The zero-order valence-electron chi connectivity index (χ0n) is 40.5. The first-order chi connectivity index (χ1) is 32.4. The number of hydrogen-bond acceptors (Lipinski definition) is 12. The molecular formula is C50H64N8O10. The number of hydrogen-bond donors (Lipinski definition) is 3. The van der Waals surface area contributed by atoms with Crippen LogP contribution in [0.4, 0.5) is 4.79 Å². The van der Waals surface area contributed by atoms with E-state index in [1.807, 2.05) is 24.4 Å². The summed E-state index contributed by atoms with van der Waals surface area (Å²) in [6.45, 7) is 10.9. The molecule has 6 bridgehead atoms. The van der Waals surface area contributed by atoms with Crippen LogP contribution in [0, 0.1) is 11.3 Å². The molecule has 2 aromatic heterocycles. The minimum atomic E-state index is -1.22. The van der Waals surface area contributed by atoms with Gasteiger partial charge in [-0.05, 0) is 90.3 Å². The second-order valence-electron chi connectivity index (χ2n) is 19.2. The minimum absolute atomic E-state index is 0.0406. The number of amides is 5. The molecule has 3 N–H and O–H groups in total. The number of carbonyl (C=O) groups excluding carboxylic acids is 6. The zero-order valence-corrected chi connectivity index (χ0v) is 40.5. The van der Waals surface area contributed by atoms with Gasteiger partial charge in [0.25, 0.3) is 5.91 Å². The third-order valence-electron chi connectivity index (χ3n) is 13.1. The van der Waals surface area contributed by atoms with Gasteiger partial charge >= 0.3 is 12.1 Å². The lowest BCUT2D eigenvalue weighted by Crippen LogP contribution is -2.62. The number of aromatic nitrogens is 2. The van der Waals surface area contributed by atoms with Gasteiger partial charge in [0.1, 0.15) is 29.9 Å². The largest absolute Gasteiger partial charge is 0.508 e. The number of ether oxygens (including phenoxy) is 3. The molecule has 1 unspecified atom stereocenters. The number of hydrazine groups is 1. The van der Waals surface area contributed by atoms with E-state index in [-0.39, 0.29) is 38.4 Å². The number of pyridine rings is 1. The maximum absolute atomic E-state index is 14.7. The van der Waals surface area contributed by atoms with Crippen LogP contribution in [0.25, 0.3) is 33.3 Å². The van der Waals surface area contributed by atoms with Crippen molar-refractivity contribution in [1.82, 2.24) is 40.0 Å². The molecule has 0 saturated carbocycles. The van der Waals surface area contributed by atoms with Crippen LogP contribution < -0.4 is 10.7 Å². The number of likely N-dealkylation sites (N-methyl/N-ethyl adjacent to an activating group) is 2. The van der Waals surface area contributed by atoms with Gasteiger partial charge in [-0.2, -0.15) is 0 Å². The van der Waals surface area contributed by atoms with Crippen LogP contribution in [-0.2, 0) is 64.2 Å². The number of fused-ring (bicyclic) bond motifs is 6. The van der Waals surface area contributed by atoms with Gasteiger partial charge in [0.2, 0.25) is 17.7 Å². The third-order valence-corrected chi connectivity index (χ3v) is 13.1. The molecule has 18 nitrogen and oxygen atoms in total. The zero-order chi connectivity index (χ0) is 49.2. The Morgan fingerprint density at radius 3 is 2.53 bits per heavy atom. The van der Waals surface area contributed by atoms with Crippen molar-refractivity contribution < 1.29 is 48.1 Å². The lowest BCUT2D eigenvalue weighted by atomic mass is 9.84. The number of methoxy groups -OCH3 is 2. The average Bonchev–Trinajstić information content (AvgIpc) is 4.06. The number of esters is 1. The smallest absolute Gasteiger partial charge is 0.410 e. The Bertz CT molecular complexity index is 2590. The summed E-state index contributed by atoms with van der Waals surface area (Å²) in [7, 11) is 5.80. The minimum Gasteiger partial charge on any atom is -0.508 e. The van der Waals surface area contributed by atoms with E-state index in [0.29, 0.717) is 43.5 Å². The van der Waals surface area contributed by atoms with Gasteiger partial charge in [0, 0.05) is 75.0 Å². The Morgan fingerprint density at radius 1 is 1.06 bits per heavy atom. The van der Waals surface area contributed by atoms with Gasteiger partial charge in [-0.25, -0.2) is 10.2 Å². The Morgan fingerprint density at radius 2 is 1.82 bits per heavy atom. The fraction of sp³-hybridized carbons (Fsp3) is 0.500. The van der Waals surface area contributed by atoms with Crippen molar-refractivity contribution in [2.24, 2.45) is 11.3 Å². The van der Waals surface area contributed by atoms with Gasteiger partial charge in [-0.15, -0.1) is 0 Å². The highest BCUT2D eigenvalue weighted by molar-refractivity contribution is 5.97. The molecule has 68 heavy (non-hydrogen) atoms. The molecule has 364 valence electrons. The standard InChI is InChI=1S/C50H64N8O10/c1-10-56-40-14-13-31-22-35(40)36(44(56)37-24-51-16-15-32(37)27-66-8)23-50(4,5)28-68-48(64)38-12-11-17-58(53-38)46(62)39(20-30-18-33(31)21-34(59)19-30)52-45(61)43(29(2)3)55(7)42(60)26-54(6)47(63)41-25-57(41)49(65)67-9/h13-16,18-19,21-22,24,29,38-39,41,43,53,59H,10-12,17,20,23,25-28H2,1-9H3,(H,52,61)/t38-,39-,41+,43?,57?/m0/s1. The molecule has 4 aromatic rings. The normalized spacial score (nSPS) is 19.8. The highest BCUT2D eigenvalue weighted by atomic mass is 16.5. The summed E-state index contributed by atoms with van der Waals surface area (Å²) in [5.74, 6) is -3.10. The van der Waals surface area contributed by atoms with Gasteiger partial charge in [-0.1, -0.05) is 39.8 Å². The molecule has 7 rings (SSSR count). The van der Waals surface area contributed by atoms with Crippen molar-refractivity contribution in [2.75, 3.05) is 54.6 Å². The second kappa shape index (κ2) is 20.4. The molecule has 2 aromatic carbocycles. The van der Waals surface area contributed by atoms with E-state index < -0.39 is 71.2 Å². The first kappa shape index (κ1) is 49.4. The summed E-state index contributed by atoms with van der Waals surface area (Å²) >= 11 is 0. The lowest BCUT2D eigenvalue weighted by Gasteiger charge is -2.37. The average molecular weight is 937 g/mol. The van der Waals surface area contributed by atoms with E-state index in [1.165, 1.54) is 40.9 Å². The number of nitrogens with one attached hydrogen (secondary N) is 2. The number of nitrogens with zero attached hydrogens (tertiary/aromatic N) is 6. The van der Waals surface area contributed by atoms with E-state index in [2.05, 4.69) is 53.2 Å². The van der Waals surface area contributed by atoms with Crippen molar-refractivity contribution in [3.63, 3.8) is 0 Å². The fourth-order valence-electron chi connectivity index (χ4n) is 9.59. The van der Waals surface area contributed by atoms with Crippen molar-refractivity contribution in [1.29, 1.82) is 0 Å². The summed E-state index contributed by atoms with van der Waals surface area (Å²) in [6, 6.07) is 9.36. The lowest BCUT2D eigenvalue weighted by molar-refractivity contribution is -0.155. The topological polar surface area (TPSA) is 205 Å². The van der Waals surface area contributed by atoms with Crippen LogP contribution in [0.5, 0.6) is 5.75 Å². The molecule has 2 fully saturated rings. The number of benzene rings is 2. The number of aryl methyl sites for hydroxylation is 1. The molecular weight excluding hydrogens is 873 g/mol. The second-order valence-corrected chi connectivity index (χ2v) is 19.2. The molecule has 0 spiro atoms. The Hall–Kier alpha value is -6.53. The number of phenolic OH excluding ortho intramolecular Hbond substituents is 1. The number of carbonyl (C=O) groups is 6. The quantitative estimate of drug-likeness (QED) is 0.143. The highest BCUT2D eigenvalue weighted by Gasteiger charge is 2.47. The van der Waals surface area contributed by atoms with Gasteiger partial charge in [0.15, 0.2) is 0 Å². The molecule has 0 radical (unpaired) electrons. The first-order valence-electron chi connectivity index (χ1n) is 23.2. The highest BCUT2D eigenvalue weighted by Crippen LogP contribution is 2.41.